The zero-order chi connectivity index (χ0) is 13.0. The van der Waals surface area contributed by atoms with Crippen LogP contribution in [0.1, 0.15) is 6.92 Å². The molecule has 1 atom stereocenters. The standard InChI is InChI=1S/C11H18N6O/c1-8(18)5-12-3-4-13-10-9-6-16-17(2)11(9)15-7-14-10/h6-8,12,18H,3-5H2,1-2H3,(H,13,14,15). The molecule has 0 spiro atoms. The second-order valence-corrected chi connectivity index (χ2v) is 4.21. The van der Waals surface area contributed by atoms with E-state index in [9.17, 15) is 0 Å². The Morgan fingerprint density at radius 2 is 2.22 bits per heavy atom. The summed E-state index contributed by atoms with van der Waals surface area (Å²) in [5.74, 6) is 0.784. The van der Waals surface area contributed by atoms with Gasteiger partial charge in [0.25, 0.3) is 0 Å². The molecule has 0 aliphatic rings. The summed E-state index contributed by atoms with van der Waals surface area (Å²) < 4.78 is 1.72. The fourth-order valence-corrected chi connectivity index (χ4v) is 1.68. The van der Waals surface area contributed by atoms with Crippen LogP contribution in [0, 0.1) is 0 Å². The zero-order valence-corrected chi connectivity index (χ0v) is 10.6. The predicted molar refractivity (Wildman–Crippen MR) is 69.3 cm³/mol. The molecule has 98 valence electrons. The summed E-state index contributed by atoms with van der Waals surface area (Å²) in [6.45, 7) is 3.84. The van der Waals surface area contributed by atoms with Gasteiger partial charge in [-0.05, 0) is 6.92 Å². The number of nitrogens with one attached hydrogen (secondary N) is 2. The summed E-state index contributed by atoms with van der Waals surface area (Å²) >= 11 is 0. The van der Waals surface area contributed by atoms with Crippen LogP contribution < -0.4 is 10.6 Å². The largest absolute Gasteiger partial charge is 0.392 e. The quantitative estimate of drug-likeness (QED) is 0.613. The summed E-state index contributed by atoms with van der Waals surface area (Å²) in [7, 11) is 1.85. The van der Waals surface area contributed by atoms with Crippen molar-refractivity contribution in [2.24, 2.45) is 7.05 Å². The van der Waals surface area contributed by atoms with Crippen molar-refractivity contribution >= 4 is 16.9 Å². The molecule has 0 radical (unpaired) electrons. The van der Waals surface area contributed by atoms with Gasteiger partial charge in [-0.3, -0.25) is 4.68 Å². The van der Waals surface area contributed by atoms with Crippen LogP contribution in [-0.2, 0) is 7.05 Å². The van der Waals surface area contributed by atoms with Gasteiger partial charge >= 0.3 is 0 Å². The van der Waals surface area contributed by atoms with Crippen molar-refractivity contribution < 1.29 is 5.11 Å². The second kappa shape index (κ2) is 5.74. The van der Waals surface area contributed by atoms with Gasteiger partial charge in [0.2, 0.25) is 0 Å². The highest BCUT2D eigenvalue weighted by molar-refractivity contribution is 5.85. The van der Waals surface area contributed by atoms with Gasteiger partial charge in [-0.15, -0.1) is 0 Å². The lowest BCUT2D eigenvalue weighted by atomic mass is 10.4. The van der Waals surface area contributed by atoms with E-state index in [0.29, 0.717) is 6.54 Å². The molecule has 0 saturated heterocycles. The SMILES string of the molecule is CC(O)CNCCNc1ncnc2c1cnn2C. The lowest BCUT2D eigenvalue weighted by Gasteiger charge is -2.08. The zero-order valence-electron chi connectivity index (χ0n) is 10.6. The minimum absolute atomic E-state index is 0.325. The molecule has 7 nitrogen and oxygen atoms in total. The Bertz CT molecular complexity index is 509. The fraction of sp³-hybridized carbons (Fsp3) is 0.545. The maximum absolute atomic E-state index is 9.10. The Hall–Kier alpha value is -1.73. The number of anilines is 1. The van der Waals surface area contributed by atoms with Crippen molar-refractivity contribution in [3.63, 3.8) is 0 Å². The predicted octanol–water partition coefficient (Wildman–Crippen LogP) is -0.254. The molecule has 2 aromatic heterocycles. The number of aromatic nitrogens is 4. The van der Waals surface area contributed by atoms with Gasteiger partial charge in [0.05, 0.1) is 17.7 Å². The van der Waals surface area contributed by atoms with Gasteiger partial charge in [-0.25, -0.2) is 9.97 Å². The van der Waals surface area contributed by atoms with E-state index in [4.69, 9.17) is 5.11 Å². The first kappa shape index (κ1) is 12.7. The summed E-state index contributed by atoms with van der Waals surface area (Å²) in [6, 6.07) is 0. The third-order valence-electron chi connectivity index (χ3n) is 2.56. The maximum atomic E-state index is 9.10. The average molecular weight is 250 g/mol. The summed E-state index contributed by atoms with van der Waals surface area (Å²) in [5, 5.41) is 20.5. The second-order valence-electron chi connectivity index (χ2n) is 4.21. The van der Waals surface area contributed by atoms with Crippen molar-refractivity contribution in [1.82, 2.24) is 25.1 Å². The lowest BCUT2D eigenvalue weighted by Crippen LogP contribution is -2.29. The molecule has 0 aromatic carbocycles. The molecule has 1 unspecified atom stereocenters. The topological polar surface area (TPSA) is 87.9 Å². The van der Waals surface area contributed by atoms with Crippen molar-refractivity contribution in [2.45, 2.75) is 13.0 Å². The van der Waals surface area contributed by atoms with E-state index in [1.807, 2.05) is 7.05 Å². The molecule has 0 bridgehead atoms. The third-order valence-corrected chi connectivity index (χ3v) is 2.56. The lowest BCUT2D eigenvalue weighted by molar-refractivity contribution is 0.192. The molecule has 7 heteroatoms. The third kappa shape index (κ3) is 2.93. The highest BCUT2D eigenvalue weighted by Crippen LogP contribution is 2.16. The number of hydrogen-bond acceptors (Lipinski definition) is 6. The molecule has 2 aromatic rings. The molecule has 18 heavy (non-hydrogen) atoms. The number of hydrogen-bond donors (Lipinski definition) is 3. The normalized spacial score (nSPS) is 12.8. The van der Waals surface area contributed by atoms with Crippen LogP contribution in [0.15, 0.2) is 12.5 Å². The first-order valence-corrected chi connectivity index (χ1v) is 5.94. The van der Waals surface area contributed by atoms with E-state index in [1.165, 1.54) is 6.33 Å². The van der Waals surface area contributed by atoms with Crippen LogP contribution in [0.2, 0.25) is 0 Å². The van der Waals surface area contributed by atoms with Gasteiger partial charge in [0, 0.05) is 26.7 Å². The van der Waals surface area contributed by atoms with E-state index in [2.05, 4.69) is 25.7 Å². The first-order valence-electron chi connectivity index (χ1n) is 5.94. The van der Waals surface area contributed by atoms with E-state index in [-0.39, 0.29) is 6.10 Å². The molecule has 0 amide bonds. The Kier molecular flexibility index (Phi) is 4.06. The molecule has 2 heterocycles. The molecule has 0 aliphatic heterocycles. The van der Waals surface area contributed by atoms with Crippen LogP contribution in [0.5, 0.6) is 0 Å². The molecule has 0 fully saturated rings. The summed E-state index contributed by atoms with van der Waals surface area (Å²) in [6.07, 6.45) is 2.95. The minimum Gasteiger partial charge on any atom is -0.392 e. The Labute approximate surface area is 105 Å². The fourth-order valence-electron chi connectivity index (χ4n) is 1.68. The summed E-state index contributed by atoms with van der Waals surface area (Å²) in [5.41, 5.74) is 0.810. The molecule has 3 N–H and O–H groups in total. The number of aryl methyl sites for hydroxylation is 1. The summed E-state index contributed by atoms with van der Waals surface area (Å²) in [4.78, 5) is 8.37. The number of aliphatic hydroxyl groups excluding tert-OH is 1. The number of aliphatic hydroxyl groups is 1. The van der Waals surface area contributed by atoms with Crippen LogP contribution in [0.4, 0.5) is 5.82 Å². The molecule has 0 saturated carbocycles. The van der Waals surface area contributed by atoms with E-state index >= 15 is 0 Å². The molecule has 0 aliphatic carbocycles. The molecular formula is C11H18N6O. The van der Waals surface area contributed by atoms with Gasteiger partial charge < -0.3 is 15.7 Å². The van der Waals surface area contributed by atoms with Crippen molar-refractivity contribution in [2.75, 3.05) is 25.0 Å². The van der Waals surface area contributed by atoms with Crippen molar-refractivity contribution in [3.8, 4) is 0 Å². The van der Waals surface area contributed by atoms with E-state index < -0.39 is 0 Å². The average Bonchev–Trinajstić information content (AvgIpc) is 2.71. The Morgan fingerprint density at radius 1 is 1.39 bits per heavy atom. The van der Waals surface area contributed by atoms with Crippen LogP contribution in [0.3, 0.4) is 0 Å². The van der Waals surface area contributed by atoms with Gasteiger partial charge in [-0.2, -0.15) is 5.10 Å². The van der Waals surface area contributed by atoms with Crippen LogP contribution in [-0.4, -0.2) is 50.6 Å². The number of nitrogens with zero attached hydrogens (tertiary/aromatic N) is 4. The van der Waals surface area contributed by atoms with Gasteiger partial charge in [0.15, 0.2) is 5.65 Å². The van der Waals surface area contributed by atoms with Crippen molar-refractivity contribution in [3.05, 3.63) is 12.5 Å². The highest BCUT2D eigenvalue weighted by Gasteiger charge is 2.06. The highest BCUT2D eigenvalue weighted by atomic mass is 16.3. The Morgan fingerprint density at radius 3 is 3.00 bits per heavy atom. The molecule has 2 rings (SSSR count). The van der Waals surface area contributed by atoms with Gasteiger partial charge in [-0.1, -0.05) is 0 Å². The van der Waals surface area contributed by atoms with Crippen molar-refractivity contribution in [1.29, 1.82) is 0 Å². The van der Waals surface area contributed by atoms with Crippen LogP contribution >= 0.6 is 0 Å². The first-order chi connectivity index (χ1) is 8.68. The van der Waals surface area contributed by atoms with Gasteiger partial charge in [0.1, 0.15) is 12.1 Å². The Balaban J connectivity index is 1.92. The smallest absolute Gasteiger partial charge is 0.163 e. The number of fused-ring (bicyclic) bond motifs is 1. The molecular weight excluding hydrogens is 232 g/mol. The van der Waals surface area contributed by atoms with Crippen LogP contribution in [0.25, 0.3) is 11.0 Å². The number of rotatable bonds is 6. The maximum Gasteiger partial charge on any atom is 0.163 e. The minimum atomic E-state index is -0.325. The van der Waals surface area contributed by atoms with E-state index in [1.54, 1.807) is 17.8 Å². The van der Waals surface area contributed by atoms with E-state index in [0.717, 1.165) is 29.9 Å². The monoisotopic (exact) mass is 250 g/mol.